The van der Waals surface area contributed by atoms with Gasteiger partial charge in [-0.1, -0.05) is 11.6 Å². The first-order valence-corrected chi connectivity index (χ1v) is 7.64. The summed E-state index contributed by atoms with van der Waals surface area (Å²) in [6, 6.07) is 6.10. The van der Waals surface area contributed by atoms with Crippen LogP contribution in [-0.4, -0.2) is 16.3 Å². The van der Waals surface area contributed by atoms with Gasteiger partial charge >= 0.3 is 0 Å². The Kier molecular flexibility index (Phi) is 5.07. The predicted molar refractivity (Wildman–Crippen MR) is 87.2 cm³/mol. The van der Waals surface area contributed by atoms with E-state index in [-0.39, 0.29) is 6.04 Å². The molecule has 1 aromatic carbocycles. The first-order chi connectivity index (χ1) is 9.51. The van der Waals surface area contributed by atoms with Crippen molar-refractivity contribution in [3.05, 3.63) is 45.7 Å². The second kappa shape index (κ2) is 6.61. The lowest BCUT2D eigenvalue weighted by molar-refractivity contribution is 0.531. The molecule has 0 amide bonds. The second-order valence-electron chi connectivity index (χ2n) is 4.91. The topological polar surface area (TPSA) is 55.9 Å². The molecule has 0 bridgehead atoms. The van der Waals surface area contributed by atoms with Crippen LogP contribution in [0.4, 0.5) is 5.69 Å². The van der Waals surface area contributed by atoms with Crippen LogP contribution < -0.4 is 11.1 Å². The summed E-state index contributed by atoms with van der Waals surface area (Å²) in [5.74, 6) is 0. The van der Waals surface area contributed by atoms with Gasteiger partial charge in [0.1, 0.15) is 0 Å². The number of rotatable bonds is 5. The molecule has 1 aromatic heterocycles. The summed E-state index contributed by atoms with van der Waals surface area (Å²) in [6.07, 6.45) is 3.88. The maximum absolute atomic E-state index is 6.10. The zero-order valence-electron chi connectivity index (χ0n) is 11.5. The Balaban J connectivity index is 2.17. The molecule has 0 saturated heterocycles. The fourth-order valence-corrected chi connectivity index (χ4v) is 2.31. The van der Waals surface area contributed by atoms with Crippen molar-refractivity contribution in [2.24, 2.45) is 5.73 Å². The van der Waals surface area contributed by atoms with Gasteiger partial charge in [-0.25, -0.2) is 0 Å². The molecule has 0 spiro atoms. The van der Waals surface area contributed by atoms with E-state index in [2.05, 4.69) is 40.2 Å². The molecule has 0 aliphatic rings. The lowest BCUT2D eigenvalue weighted by atomic mass is 10.1. The number of benzene rings is 1. The minimum absolute atomic E-state index is 0.0137. The molecule has 6 heteroatoms. The molecule has 0 radical (unpaired) electrons. The summed E-state index contributed by atoms with van der Waals surface area (Å²) in [6.45, 7) is 4.67. The fourth-order valence-electron chi connectivity index (χ4n) is 1.88. The minimum atomic E-state index is 0.0137. The molecular weight excluding hydrogens is 340 g/mol. The Labute approximate surface area is 132 Å². The maximum atomic E-state index is 6.10. The Morgan fingerprint density at radius 2 is 2.20 bits per heavy atom. The smallest absolute Gasteiger partial charge is 0.0667 e. The Bertz CT molecular complexity index is 582. The van der Waals surface area contributed by atoms with Crippen LogP contribution in [0.15, 0.2) is 35.1 Å². The van der Waals surface area contributed by atoms with Crippen molar-refractivity contribution in [3.63, 3.8) is 0 Å². The highest BCUT2D eigenvalue weighted by atomic mass is 79.9. The number of anilines is 1. The number of hydrogen-bond donors (Lipinski definition) is 2. The van der Waals surface area contributed by atoms with Crippen LogP contribution in [0, 0.1) is 0 Å². The van der Waals surface area contributed by atoms with Gasteiger partial charge in [-0.3, -0.25) is 4.68 Å². The molecular formula is C14H18BrClN4. The summed E-state index contributed by atoms with van der Waals surface area (Å²) in [4.78, 5) is 0. The minimum Gasteiger partial charge on any atom is -0.377 e. The van der Waals surface area contributed by atoms with Crippen molar-refractivity contribution in [2.75, 3.05) is 11.9 Å². The Morgan fingerprint density at radius 1 is 1.45 bits per heavy atom. The molecule has 2 rings (SSSR count). The SMILES string of the molecule is CC(C)n1cc(C(CN)Nc2ccc(Br)c(Cl)c2)cn1. The highest BCUT2D eigenvalue weighted by Crippen LogP contribution is 2.27. The molecule has 1 heterocycles. The van der Waals surface area contributed by atoms with Crippen molar-refractivity contribution in [1.82, 2.24) is 9.78 Å². The first-order valence-electron chi connectivity index (χ1n) is 6.47. The van der Waals surface area contributed by atoms with Gasteiger partial charge in [0, 0.05) is 34.5 Å². The highest BCUT2D eigenvalue weighted by Gasteiger charge is 2.13. The average Bonchev–Trinajstić information content (AvgIpc) is 2.89. The van der Waals surface area contributed by atoms with E-state index in [1.807, 2.05) is 35.3 Å². The van der Waals surface area contributed by atoms with Gasteiger partial charge in [0.15, 0.2) is 0 Å². The van der Waals surface area contributed by atoms with E-state index in [4.69, 9.17) is 17.3 Å². The van der Waals surface area contributed by atoms with Crippen LogP contribution in [0.5, 0.6) is 0 Å². The molecule has 20 heavy (non-hydrogen) atoms. The van der Waals surface area contributed by atoms with Crippen LogP contribution in [0.25, 0.3) is 0 Å². The number of aromatic nitrogens is 2. The number of nitrogens with zero attached hydrogens (tertiary/aromatic N) is 2. The third kappa shape index (κ3) is 3.53. The van der Waals surface area contributed by atoms with E-state index >= 15 is 0 Å². The summed E-state index contributed by atoms with van der Waals surface area (Å²) >= 11 is 9.48. The largest absolute Gasteiger partial charge is 0.377 e. The maximum Gasteiger partial charge on any atom is 0.0667 e. The Morgan fingerprint density at radius 3 is 2.75 bits per heavy atom. The molecule has 3 N–H and O–H groups in total. The van der Waals surface area contributed by atoms with E-state index in [0.717, 1.165) is 15.7 Å². The third-order valence-electron chi connectivity index (χ3n) is 3.05. The molecule has 0 saturated carbocycles. The Hall–Kier alpha value is -1.04. The number of nitrogens with two attached hydrogens (primary N) is 1. The zero-order valence-corrected chi connectivity index (χ0v) is 13.8. The van der Waals surface area contributed by atoms with Crippen LogP contribution in [0.1, 0.15) is 31.5 Å². The molecule has 1 atom stereocenters. The molecule has 108 valence electrons. The van der Waals surface area contributed by atoms with Gasteiger partial charge in [0.25, 0.3) is 0 Å². The normalized spacial score (nSPS) is 12.7. The molecule has 0 fully saturated rings. The molecule has 0 aliphatic carbocycles. The van der Waals surface area contributed by atoms with E-state index in [0.29, 0.717) is 17.6 Å². The molecule has 2 aromatic rings. The average molecular weight is 358 g/mol. The number of halogens is 2. The summed E-state index contributed by atoms with van der Waals surface area (Å²) < 4.78 is 2.80. The summed E-state index contributed by atoms with van der Waals surface area (Å²) in [5, 5.41) is 8.40. The first kappa shape index (κ1) is 15.4. The molecule has 0 aliphatic heterocycles. The van der Waals surface area contributed by atoms with E-state index in [1.54, 1.807) is 0 Å². The van der Waals surface area contributed by atoms with Gasteiger partial charge in [-0.15, -0.1) is 0 Å². The van der Waals surface area contributed by atoms with Crippen molar-refractivity contribution in [3.8, 4) is 0 Å². The quantitative estimate of drug-likeness (QED) is 0.850. The van der Waals surface area contributed by atoms with E-state index in [9.17, 15) is 0 Å². The van der Waals surface area contributed by atoms with Gasteiger partial charge in [-0.2, -0.15) is 5.10 Å². The van der Waals surface area contributed by atoms with E-state index < -0.39 is 0 Å². The van der Waals surface area contributed by atoms with Crippen LogP contribution in [-0.2, 0) is 0 Å². The second-order valence-corrected chi connectivity index (χ2v) is 6.17. The lowest BCUT2D eigenvalue weighted by Gasteiger charge is -2.17. The van der Waals surface area contributed by atoms with Gasteiger partial charge in [0.05, 0.1) is 17.3 Å². The third-order valence-corrected chi connectivity index (χ3v) is 4.28. The monoisotopic (exact) mass is 356 g/mol. The number of hydrogen-bond acceptors (Lipinski definition) is 3. The van der Waals surface area contributed by atoms with Crippen LogP contribution >= 0.6 is 27.5 Å². The highest BCUT2D eigenvalue weighted by molar-refractivity contribution is 9.10. The molecule has 4 nitrogen and oxygen atoms in total. The van der Waals surface area contributed by atoms with Crippen LogP contribution in [0.3, 0.4) is 0 Å². The molecule has 1 unspecified atom stereocenters. The lowest BCUT2D eigenvalue weighted by Crippen LogP contribution is -2.20. The summed E-state index contributed by atoms with van der Waals surface area (Å²) in [7, 11) is 0. The summed E-state index contributed by atoms with van der Waals surface area (Å²) in [5.41, 5.74) is 7.87. The van der Waals surface area contributed by atoms with Crippen molar-refractivity contribution >= 4 is 33.2 Å². The van der Waals surface area contributed by atoms with Crippen molar-refractivity contribution in [1.29, 1.82) is 0 Å². The van der Waals surface area contributed by atoms with E-state index in [1.165, 1.54) is 0 Å². The zero-order chi connectivity index (χ0) is 14.7. The predicted octanol–water partition coefficient (Wildman–Crippen LogP) is 3.99. The fraction of sp³-hybridized carbons (Fsp3) is 0.357. The standard InChI is InChI=1S/C14H18BrClN4/c1-9(2)20-8-10(7-18-20)14(6-17)19-11-3-4-12(15)13(16)5-11/h3-5,7-9,14,19H,6,17H2,1-2H3. The van der Waals surface area contributed by atoms with Crippen molar-refractivity contribution < 1.29 is 0 Å². The van der Waals surface area contributed by atoms with Crippen LogP contribution in [0.2, 0.25) is 5.02 Å². The van der Waals surface area contributed by atoms with Gasteiger partial charge in [-0.05, 0) is 48.0 Å². The van der Waals surface area contributed by atoms with Gasteiger partial charge in [0.2, 0.25) is 0 Å². The number of nitrogens with one attached hydrogen (secondary N) is 1. The van der Waals surface area contributed by atoms with Gasteiger partial charge < -0.3 is 11.1 Å². The van der Waals surface area contributed by atoms with Crippen molar-refractivity contribution in [2.45, 2.75) is 25.9 Å².